The number of rotatable bonds is 3. The van der Waals surface area contributed by atoms with Gasteiger partial charge in [-0.05, 0) is 36.0 Å². The lowest BCUT2D eigenvalue weighted by Gasteiger charge is -1.97. The highest BCUT2D eigenvalue weighted by atomic mass is 32.2. The first kappa shape index (κ1) is 14.2. The molecule has 0 bridgehead atoms. The molecule has 0 amide bonds. The number of H-pyrrole nitrogens is 1. The van der Waals surface area contributed by atoms with Crippen LogP contribution in [0.3, 0.4) is 0 Å². The third kappa shape index (κ3) is 3.10. The fraction of sp³-hybridized carbons (Fsp3) is 0. The zero-order valence-electron chi connectivity index (χ0n) is 10.9. The zero-order chi connectivity index (χ0) is 15.5. The van der Waals surface area contributed by atoms with Crippen molar-refractivity contribution >= 4 is 11.8 Å². The molecule has 0 radical (unpaired) electrons. The Morgan fingerprint density at radius 2 is 1.86 bits per heavy atom. The average Bonchev–Trinajstić information content (AvgIpc) is 2.95. The minimum Gasteiger partial charge on any atom is -0.258 e. The molecule has 2 heterocycles. The Balaban J connectivity index is 1.86. The number of nitrogens with zero attached hydrogens (tertiary/aromatic N) is 4. The van der Waals surface area contributed by atoms with E-state index in [9.17, 15) is 8.78 Å². The summed E-state index contributed by atoms with van der Waals surface area (Å²) in [5.41, 5.74) is 0.545. The third-order valence-corrected chi connectivity index (χ3v) is 3.44. The summed E-state index contributed by atoms with van der Waals surface area (Å²) in [7, 11) is 0. The summed E-state index contributed by atoms with van der Waals surface area (Å²) in [5, 5.41) is 16.3. The van der Waals surface area contributed by atoms with Crippen molar-refractivity contribution in [3.63, 3.8) is 0 Å². The molecule has 0 fully saturated rings. The molecule has 0 spiro atoms. The van der Waals surface area contributed by atoms with E-state index in [0.29, 0.717) is 10.2 Å². The molecule has 0 aliphatic heterocycles. The number of hydrogen-bond donors (Lipinski definition) is 1. The molecule has 3 aromatic rings. The Bertz CT molecular complexity index is 851. The largest absolute Gasteiger partial charge is 0.258 e. The van der Waals surface area contributed by atoms with Gasteiger partial charge in [0.05, 0.1) is 0 Å². The maximum absolute atomic E-state index is 13.2. The minimum absolute atomic E-state index is 0.248. The SMILES string of the molecule is N#Cc1cccc(Sc2n[nH]c(-c3cc(F)cc(F)c3)n2)n1. The first-order valence-electron chi connectivity index (χ1n) is 6.08. The quantitative estimate of drug-likeness (QED) is 0.803. The van der Waals surface area contributed by atoms with Crippen LogP contribution in [0.25, 0.3) is 11.4 Å². The lowest BCUT2D eigenvalue weighted by atomic mass is 10.2. The fourth-order valence-corrected chi connectivity index (χ4v) is 2.45. The molecule has 22 heavy (non-hydrogen) atoms. The molecule has 0 aliphatic carbocycles. The fourth-order valence-electron chi connectivity index (χ4n) is 1.74. The summed E-state index contributed by atoms with van der Waals surface area (Å²) < 4.78 is 26.4. The lowest BCUT2D eigenvalue weighted by Crippen LogP contribution is -1.86. The second kappa shape index (κ2) is 5.91. The number of nitriles is 1. The normalized spacial score (nSPS) is 10.4. The third-order valence-electron chi connectivity index (χ3n) is 2.63. The molecule has 5 nitrogen and oxygen atoms in total. The standard InChI is InChI=1S/C14H7F2N5S/c15-9-4-8(5-10(16)6-9)13-19-14(21-20-13)22-12-3-1-2-11(7-17)18-12/h1-6H,(H,19,20,21). The summed E-state index contributed by atoms with van der Waals surface area (Å²) in [6.07, 6.45) is 0. The molecular formula is C14H7F2N5S. The van der Waals surface area contributed by atoms with Crippen LogP contribution in [0.2, 0.25) is 0 Å². The van der Waals surface area contributed by atoms with E-state index in [2.05, 4.69) is 20.2 Å². The van der Waals surface area contributed by atoms with Crippen LogP contribution >= 0.6 is 11.8 Å². The van der Waals surface area contributed by atoms with E-state index in [0.717, 1.165) is 30.0 Å². The number of aromatic nitrogens is 4. The molecular weight excluding hydrogens is 308 g/mol. The first-order valence-corrected chi connectivity index (χ1v) is 6.89. The molecule has 0 saturated heterocycles. The number of aromatic amines is 1. The van der Waals surface area contributed by atoms with Crippen molar-refractivity contribution < 1.29 is 8.78 Å². The van der Waals surface area contributed by atoms with Crippen LogP contribution in [0, 0.1) is 23.0 Å². The maximum Gasteiger partial charge on any atom is 0.215 e. The van der Waals surface area contributed by atoms with E-state index in [4.69, 9.17) is 5.26 Å². The summed E-state index contributed by atoms with van der Waals surface area (Å²) in [6, 6.07) is 10.0. The average molecular weight is 315 g/mol. The van der Waals surface area contributed by atoms with Gasteiger partial charge in [-0.2, -0.15) is 5.26 Å². The van der Waals surface area contributed by atoms with Gasteiger partial charge in [-0.3, -0.25) is 5.10 Å². The number of hydrogen-bond acceptors (Lipinski definition) is 5. The Hall–Kier alpha value is -2.79. The predicted octanol–water partition coefficient (Wildman–Crippen LogP) is 3.17. The summed E-state index contributed by atoms with van der Waals surface area (Å²) in [4.78, 5) is 8.24. The van der Waals surface area contributed by atoms with Crippen LogP contribution in [-0.2, 0) is 0 Å². The van der Waals surface area contributed by atoms with Gasteiger partial charge in [-0.1, -0.05) is 6.07 Å². The van der Waals surface area contributed by atoms with Gasteiger partial charge in [-0.25, -0.2) is 18.7 Å². The van der Waals surface area contributed by atoms with E-state index >= 15 is 0 Å². The van der Waals surface area contributed by atoms with Gasteiger partial charge in [0.2, 0.25) is 5.16 Å². The number of pyridine rings is 1. The van der Waals surface area contributed by atoms with Gasteiger partial charge in [-0.15, -0.1) is 5.10 Å². The van der Waals surface area contributed by atoms with Gasteiger partial charge >= 0.3 is 0 Å². The van der Waals surface area contributed by atoms with Gasteiger partial charge in [0, 0.05) is 11.6 Å². The van der Waals surface area contributed by atoms with Gasteiger partial charge in [0.1, 0.15) is 28.4 Å². The lowest BCUT2D eigenvalue weighted by molar-refractivity contribution is 0.584. The Kier molecular flexibility index (Phi) is 3.80. The van der Waals surface area contributed by atoms with Crippen molar-refractivity contribution in [2.75, 3.05) is 0 Å². The zero-order valence-corrected chi connectivity index (χ0v) is 11.7. The van der Waals surface area contributed by atoms with Gasteiger partial charge in [0.15, 0.2) is 5.82 Å². The molecule has 2 aromatic heterocycles. The van der Waals surface area contributed by atoms with Crippen molar-refractivity contribution in [3.05, 3.63) is 53.7 Å². The molecule has 108 valence electrons. The highest BCUT2D eigenvalue weighted by Gasteiger charge is 2.10. The summed E-state index contributed by atoms with van der Waals surface area (Å²) in [6.45, 7) is 0. The van der Waals surface area contributed by atoms with Gasteiger partial charge in [0.25, 0.3) is 0 Å². The topological polar surface area (TPSA) is 78.2 Å². The highest BCUT2D eigenvalue weighted by molar-refractivity contribution is 7.99. The van der Waals surface area contributed by atoms with E-state index in [1.807, 2.05) is 6.07 Å². The van der Waals surface area contributed by atoms with Gasteiger partial charge < -0.3 is 0 Å². The van der Waals surface area contributed by atoms with Crippen LogP contribution in [0.15, 0.2) is 46.6 Å². The number of halogens is 2. The van der Waals surface area contributed by atoms with E-state index in [1.54, 1.807) is 18.2 Å². The van der Waals surface area contributed by atoms with Crippen molar-refractivity contribution in [2.24, 2.45) is 0 Å². The smallest absolute Gasteiger partial charge is 0.215 e. The molecule has 1 N–H and O–H groups in total. The van der Waals surface area contributed by atoms with Crippen LogP contribution in [-0.4, -0.2) is 20.2 Å². The molecule has 1 aromatic carbocycles. The van der Waals surface area contributed by atoms with Crippen molar-refractivity contribution in [1.29, 1.82) is 5.26 Å². The maximum atomic E-state index is 13.2. The Morgan fingerprint density at radius 1 is 1.09 bits per heavy atom. The molecule has 8 heteroatoms. The van der Waals surface area contributed by atoms with Crippen LogP contribution in [0.1, 0.15) is 5.69 Å². The minimum atomic E-state index is -0.691. The molecule has 0 unspecified atom stereocenters. The molecule has 3 rings (SSSR count). The Morgan fingerprint density at radius 3 is 2.59 bits per heavy atom. The second-order valence-corrected chi connectivity index (χ2v) is 5.19. The first-order chi connectivity index (χ1) is 10.6. The van der Waals surface area contributed by atoms with Crippen LogP contribution < -0.4 is 0 Å². The monoisotopic (exact) mass is 315 g/mol. The second-order valence-electron chi connectivity index (χ2n) is 4.20. The summed E-state index contributed by atoms with van der Waals surface area (Å²) in [5.74, 6) is -1.13. The molecule has 0 aliphatic rings. The number of benzene rings is 1. The highest BCUT2D eigenvalue weighted by Crippen LogP contribution is 2.25. The molecule has 0 saturated carbocycles. The van der Waals surface area contributed by atoms with E-state index in [1.165, 1.54) is 0 Å². The van der Waals surface area contributed by atoms with Crippen molar-refractivity contribution in [2.45, 2.75) is 10.2 Å². The van der Waals surface area contributed by atoms with Crippen LogP contribution in [0.5, 0.6) is 0 Å². The van der Waals surface area contributed by atoms with E-state index < -0.39 is 11.6 Å². The predicted molar refractivity (Wildman–Crippen MR) is 74.8 cm³/mol. The van der Waals surface area contributed by atoms with Crippen LogP contribution in [0.4, 0.5) is 8.78 Å². The summed E-state index contributed by atoms with van der Waals surface area (Å²) >= 11 is 1.14. The number of nitrogens with one attached hydrogen (secondary N) is 1. The van der Waals surface area contributed by atoms with Crippen molar-refractivity contribution in [1.82, 2.24) is 20.2 Å². The Labute approximate surface area is 128 Å². The van der Waals surface area contributed by atoms with Crippen molar-refractivity contribution in [3.8, 4) is 17.5 Å². The molecule has 0 atom stereocenters. The van der Waals surface area contributed by atoms with E-state index in [-0.39, 0.29) is 17.1 Å².